The van der Waals surface area contributed by atoms with Crippen LogP contribution in [0.1, 0.15) is 47.0 Å². The van der Waals surface area contributed by atoms with Gasteiger partial charge in [0.15, 0.2) is 0 Å². The van der Waals surface area contributed by atoms with Crippen molar-refractivity contribution >= 4 is 17.8 Å². The molecule has 0 radical (unpaired) electrons. The van der Waals surface area contributed by atoms with Gasteiger partial charge in [-0.25, -0.2) is 0 Å². The van der Waals surface area contributed by atoms with Crippen LogP contribution in [0.4, 0.5) is 0 Å². The Balaban J connectivity index is 4.51. The van der Waals surface area contributed by atoms with Gasteiger partial charge in [-0.3, -0.25) is 14.4 Å². The highest BCUT2D eigenvalue weighted by atomic mass is 16.5. The summed E-state index contributed by atoms with van der Waals surface area (Å²) in [5.41, 5.74) is -0.736. The van der Waals surface area contributed by atoms with Crippen LogP contribution in [-0.4, -0.2) is 37.6 Å². The molecule has 0 aliphatic heterocycles. The highest BCUT2D eigenvalue weighted by Gasteiger charge is 2.36. The minimum Gasteiger partial charge on any atom is -0.466 e. The summed E-state index contributed by atoms with van der Waals surface area (Å²) in [6, 6.07) is 0. The minimum absolute atomic E-state index is 0.164. The molecular weight excluding hydrogens is 262 g/mol. The van der Waals surface area contributed by atoms with Crippen molar-refractivity contribution in [2.75, 3.05) is 19.8 Å². The molecule has 6 heteroatoms. The quantitative estimate of drug-likeness (QED) is 0.512. The van der Waals surface area contributed by atoms with E-state index in [1.807, 2.05) is 13.8 Å². The molecule has 0 fully saturated rings. The molecule has 0 saturated carbocycles. The molecule has 20 heavy (non-hydrogen) atoms. The lowest BCUT2D eigenvalue weighted by atomic mass is 9.82. The molecule has 0 spiro atoms. The third kappa shape index (κ3) is 5.59. The van der Waals surface area contributed by atoms with E-state index < -0.39 is 17.3 Å². The van der Waals surface area contributed by atoms with Gasteiger partial charge in [0.05, 0.1) is 18.6 Å². The smallest absolute Gasteiger partial charge is 0.315 e. The monoisotopic (exact) mass is 287 g/mol. The zero-order valence-corrected chi connectivity index (χ0v) is 12.8. The van der Waals surface area contributed by atoms with E-state index in [-0.39, 0.29) is 25.5 Å². The van der Waals surface area contributed by atoms with Crippen LogP contribution >= 0.6 is 0 Å². The van der Waals surface area contributed by atoms with Crippen molar-refractivity contribution in [2.45, 2.75) is 47.0 Å². The molecule has 0 bridgehead atoms. The zero-order valence-electron chi connectivity index (χ0n) is 12.8. The molecule has 0 saturated heterocycles. The van der Waals surface area contributed by atoms with Crippen LogP contribution < -0.4 is 5.32 Å². The maximum Gasteiger partial charge on any atom is 0.315 e. The highest BCUT2D eigenvalue weighted by molar-refractivity contribution is 5.94. The van der Waals surface area contributed by atoms with E-state index in [9.17, 15) is 14.4 Å². The summed E-state index contributed by atoms with van der Waals surface area (Å²) >= 11 is 0. The van der Waals surface area contributed by atoms with Crippen LogP contribution in [0.25, 0.3) is 0 Å². The Morgan fingerprint density at radius 3 is 1.95 bits per heavy atom. The first kappa shape index (κ1) is 18.4. The summed E-state index contributed by atoms with van der Waals surface area (Å²) < 4.78 is 9.75. The lowest BCUT2D eigenvalue weighted by Crippen LogP contribution is -2.43. The van der Waals surface area contributed by atoms with E-state index >= 15 is 0 Å². The zero-order chi connectivity index (χ0) is 15.6. The van der Waals surface area contributed by atoms with Gasteiger partial charge in [0.2, 0.25) is 5.91 Å². The maximum atomic E-state index is 12.0. The largest absolute Gasteiger partial charge is 0.466 e. The van der Waals surface area contributed by atoms with Crippen molar-refractivity contribution in [1.29, 1.82) is 0 Å². The first-order chi connectivity index (χ1) is 9.45. The number of ether oxygens (including phenoxy) is 2. The Morgan fingerprint density at radius 1 is 0.950 bits per heavy atom. The molecule has 1 N–H and O–H groups in total. The van der Waals surface area contributed by atoms with Gasteiger partial charge in [-0.05, 0) is 26.7 Å². The van der Waals surface area contributed by atoms with Gasteiger partial charge in [0, 0.05) is 6.54 Å². The van der Waals surface area contributed by atoms with Crippen LogP contribution in [0.5, 0.6) is 0 Å². The second-order valence-corrected chi connectivity index (χ2v) is 4.47. The molecular formula is C14H25NO5. The van der Waals surface area contributed by atoms with Crippen molar-refractivity contribution in [3.8, 4) is 0 Å². The van der Waals surface area contributed by atoms with E-state index in [0.29, 0.717) is 19.4 Å². The summed E-state index contributed by atoms with van der Waals surface area (Å²) in [6.07, 6.45) is 0.782. The molecule has 0 unspecified atom stereocenters. The number of hydrogen-bond donors (Lipinski definition) is 1. The van der Waals surface area contributed by atoms with Crippen molar-refractivity contribution in [2.24, 2.45) is 5.41 Å². The molecule has 0 aromatic heterocycles. The number of rotatable bonds is 9. The van der Waals surface area contributed by atoms with Crippen molar-refractivity contribution in [3.05, 3.63) is 0 Å². The first-order valence-electron chi connectivity index (χ1n) is 7.05. The fraction of sp³-hybridized carbons (Fsp3) is 0.786. The fourth-order valence-electron chi connectivity index (χ4n) is 1.82. The lowest BCUT2D eigenvalue weighted by molar-refractivity contribution is -0.155. The van der Waals surface area contributed by atoms with E-state index in [4.69, 9.17) is 9.47 Å². The van der Waals surface area contributed by atoms with E-state index in [1.165, 1.54) is 0 Å². The molecule has 0 atom stereocenters. The molecule has 0 aromatic rings. The van der Waals surface area contributed by atoms with Gasteiger partial charge in [0.25, 0.3) is 0 Å². The number of carbonyl (C=O) groups is 3. The second-order valence-electron chi connectivity index (χ2n) is 4.47. The van der Waals surface area contributed by atoms with E-state index in [1.54, 1.807) is 13.8 Å². The molecule has 0 heterocycles. The minimum atomic E-state index is -0.736. The lowest BCUT2D eigenvalue weighted by Gasteiger charge is -2.29. The topological polar surface area (TPSA) is 81.7 Å². The van der Waals surface area contributed by atoms with Crippen LogP contribution in [0, 0.1) is 5.41 Å². The fourth-order valence-corrected chi connectivity index (χ4v) is 1.82. The molecule has 0 aliphatic carbocycles. The SMILES string of the molecule is CCOC(=O)CC(=O)NCC(CC)(CC)C(=O)OCC. The molecule has 1 amide bonds. The average Bonchev–Trinajstić information content (AvgIpc) is 2.41. The predicted octanol–water partition coefficient (Wildman–Crippen LogP) is 1.43. The summed E-state index contributed by atoms with van der Waals surface area (Å²) in [7, 11) is 0. The highest BCUT2D eigenvalue weighted by Crippen LogP contribution is 2.27. The molecule has 0 aromatic carbocycles. The second kappa shape index (κ2) is 9.34. The summed E-state index contributed by atoms with van der Waals surface area (Å²) in [6.45, 7) is 7.87. The van der Waals surface area contributed by atoms with Gasteiger partial charge < -0.3 is 14.8 Å². The number of nitrogens with one attached hydrogen (secondary N) is 1. The Kier molecular flexibility index (Phi) is 8.59. The number of carbonyl (C=O) groups excluding carboxylic acids is 3. The van der Waals surface area contributed by atoms with Crippen molar-refractivity contribution in [1.82, 2.24) is 5.32 Å². The predicted molar refractivity (Wildman–Crippen MR) is 73.9 cm³/mol. The number of amides is 1. The van der Waals surface area contributed by atoms with E-state index in [2.05, 4.69) is 5.32 Å². The standard InChI is InChI=1S/C14H25NO5/c1-5-14(6-2,13(18)20-8-4)10-15-11(16)9-12(17)19-7-3/h5-10H2,1-4H3,(H,15,16). The average molecular weight is 287 g/mol. The van der Waals surface area contributed by atoms with Crippen LogP contribution in [0.2, 0.25) is 0 Å². The van der Waals surface area contributed by atoms with Gasteiger partial charge in [-0.1, -0.05) is 13.8 Å². The molecule has 0 aliphatic rings. The first-order valence-corrected chi connectivity index (χ1v) is 7.05. The Labute approximate surface area is 120 Å². The summed E-state index contributed by atoms with van der Waals surface area (Å²) in [4.78, 5) is 34.8. The van der Waals surface area contributed by atoms with Gasteiger partial charge >= 0.3 is 11.9 Å². The van der Waals surface area contributed by atoms with Crippen LogP contribution in [-0.2, 0) is 23.9 Å². The van der Waals surface area contributed by atoms with Crippen molar-refractivity contribution in [3.63, 3.8) is 0 Å². The maximum absolute atomic E-state index is 12.0. The van der Waals surface area contributed by atoms with Gasteiger partial charge in [-0.2, -0.15) is 0 Å². The summed E-state index contributed by atoms with van der Waals surface area (Å²) in [5.74, 6) is -1.33. The molecule has 6 nitrogen and oxygen atoms in total. The third-order valence-electron chi connectivity index (χ3n) is 3.30. The van der Waals surface area contributed by atoms with Crippen molar-refractivity contribution < 1.29 is 23.9 Å². The third-order valence-corrected chi connectivity index (χ3v) is 3.30. The molecule has 0 rings (SSSR count). The molecule has 116 valence electrons. The van der Waals surface area contributed by atoms with Crippen LogP contribution in [0.3, 0.4) is 0 Å². The Morgan fingerprint density at radius 2 is 1.50 bits per heavy atom. The number of esters is 2. The van der Waals surface area contributed by atoms with Crippen LogP contribution in [0.15, 0.2) is 0 Å². The van der Waals surface area contributed by atoms with Gasteiger partial charge in [0.1, 0.15) is 6.42 Å². The Hall–Kier alpha value is -1.59. The normalized spacial score (nSPS) is 10.8. The van der Waals surface area contributed by atoms with Gasteiger partial charge in [-0.15, -0.1) is 0 Å². The van der Waals surface area contributed by atoms with E-state index in [0.717, 1.165) is 0 Å². The number of hydrogen-bond acceptors (Lipinski definition) is 5. The summed E-state index contributed by atoms with van der Waals surface area (Å²) in [5, 5.41) is 2.61. The Bertz CT molecular complexity index is 336.